The Morgan fingerprint density at radius 2 is 2.04 bits per heavy atom. The van der Waals surface area contributed by atoms with Gasteiger partial charge in [0.2, 0.25) is 10.0 Å². The molecule has 1 N–H and O–H groups in total. The minimum atomic E-state index is -3.75. The highest BCUT2D eigenvalue weighted by atomic mass is 32.2. The maximum atomic E-state index is 12.9. The molecule has 1 aliphatic heterocycles. The number of benzene rings is 1. The van der Waals surface area contributed by atoms with Crippen molar-refractivity contribution in [2.45, 2.75) is 37.6 Å². The van der Waals surface area contributed by atoms with E-state index in [0.29, 0.717) is 18.8 Å². The zero-order chi connectivity index (χ0) is 18.4. The standard InChI is InChI=1S/C17H26N2O5S/c1-4-5-13(2)18-17(20)14-6-7-15(23-3)16(12-14)25(21,22)19-8-10-24-11-9-19/h6-7,12-13H,4-5,8-11H2,1-3H3,(H,18,20)/t13-/m1/s1. The van der Waals surface area contributed by atoms with Crippen molar-refractivity contribution in [2.24, 2.45) is 0 Å². The first kappa shape index (κ1) is 19.7. The second-order valence-electron chi connectivity index (χ2n) is 6.05. The number of sulfonamides is 1. The molecule has 0 aromatic heterocycles. The molecule has 0 unspecified atom stereocenters. The monoisotopic (exact) mass is 370 g/mol. The summed E-state index contributed by atoms with van der Waals surface area (Å²) < 4.78 is 37.6. The summed E-state index contributed by atoms with van der Waals surface area (Å²) in [6.45, 7) is 5.26. The summed E-state index contributed by atoms with van der Waals surface area (Å²) in [5.74, 6) is -0.0633. The van der Waals surface area contributed by atoms with E-state index in [0.717, 1.165) is 12.8 Å². The molecule has 1 amide bonds. The average molecular weight is 370 g/mol. The summed E-state index contributed by atoms with van der Waals surface area (Å²) >= 11 is 0. The number of morpholine rings is 1. The van der Waals surface area contributed by atoms with Crippen LogP contribution in [0, 0.1) is 0 Å². The smallest absolute Gasteiger partial charge is 0.251 e. The van der Waals surface area contributed by atoms with Crippen molar-refractivity contribution in [1.82, 2.24) is 9.62 Å². The Labute approximate surface area is 149 Å². The third-order valence-corrected chi connectivity index (χ3v) is 6.03. The quantitative estimate of drug-likeness (QED) is 0.789. The first-order chi connectivity index (χ1) is 11.9. The molecular weight excluding hydrogens is 344 g/mol. The van der Waals surface area contributed by atoms with Crippen molar-refractivity contribution < 1.29 is 22.7 Å². The zero-order valence-electron chi connectivity index (χ0n) is 14.9. The molecule has 140 valence electrons. The van der Waals surface area contributed by atoms with Gasteiger partial charge in [-0.25, -0.2) is 8.42 Å². The molecule has 1 saturated heterocycles. The molecule has 0 spiro atoms. The van der Waals surface area contributed by atoms with Crippen LogP contribution in [0.4, 0.5) is 0 Å². The van der Waals surface area contributed by atoms with E-state index in [1.165, 1.54) is 23.5 Å². The number of nitrogens with zero attached hydrogens (tertiary/aromatic N) is 1. The Kier molecular flexibility index (Phi) is 6.80. The van der Waals surface area contributed by atoms with Crippen molar-refractivity contribution in [3.63, 3.8) is 0 Å². The first-order valence-corrected chi connectivity index (χ1v) is 9.91. The van der Waals surface area contributed by atoms with Gasteiger partial charge in [0.25, 0.3) is 5.91 Å². The molecule has 25 heavy (non-hydrogen) atoms. The van der Waals surface area contributed by atoms with E-state index in [1.54, 1.807) is 6.07 Å². The number of carbonyl (C=O) groups is 1. The Hall–Kier alpha value is -1.64. The third kappa shape index (κ3) is 4.71. The van der Waals surface area contributed by atoms with Crippen molar-refractivity contribution >= 4 is 15.9 Å². The van der Waals surface area contributed by atoms with E-state index >= 15 is 0 Å². The molecule has 1 atom stereocenters. The Morgan fingerprint density at radius 1 is 1.36 bits per heavy atom. The van der Waals surface area contributed by atoms with Crippen LogP contribution < -0.4 is 10.1 Å². The van der Waals surface area contributed by atoms with Crippen molar-refractivity contribution in [2.75, 3.05) is 33.4 Å². The lowest BCUT2D eigenvalue weighted by Gasteiger charge is -2.26. The van der Waals surface area contributed by atoms with Crippen LogP contribution in [0.3, 0.4) is 0 Å². The van der Waals surface area contributed by atoms with Crippen LogP contribution in [0.25, 0.3) is 0 Å². The lowest BCUT2D eigenvalue weighted by Crippen LogP contribution is -2.40. The van der Waals surface area contributed by atoms with Crippen LogP contribution in [-0.4, -0.2) is 58.1 Å². The normalized spacial score (nSPS) is 17.1. The van der Waals surface area contributed by atoms with Gasteiger partial charge in [0.15, 0.2) is 0 Å². The minimum Gasteiger partial charge on any atom is -0.495 e. The lowest BCUT2D eigenvalue weighted by atomic mass is 10.1. The van der Waals surface area contributed by atoms with Crippen LogP contribution in [0.15, 0.2) is 23.1 Å². The molecular formula is C17H26N2O5S. The van der Waals surface area contributed by atoms with E-state index in [2.05, 4.69) is 5.32 Å². The van der Waals surface area contributed by atoms with Crippen molar-refractivity contribution in [3.05, 3.63) is 23.8 Å². The molecule has 1 aromatic rings. The molecule has 0 bridgehead atoms. The van der Waals surface area contributed by atoms with Gasteiger partial charge < -0.3 is 14.8 Å². The lowest BCUT2D eigenvalue weighted by molar-refractivity contribution is 0.0729. The van der Waals surface area contributed by atoms with Gasteiger partial charge in [-0.3, -0.25) is 4.79 Å². The maximum Gasteiger partial charge on any atom is 0.251 e. The van der Waals surface area contributed by atoms with Gasteiger partial charge in [0.05, 0.1) is 20.3 Å². The SMILES string of the molecule is CCC[C@@H](C)NC(=O)c1ccc(OC)c(S(=O)(=O)N2CCOCC2)c1. The predicted molar refractivity (Wildman–Crippen MR) is 94.4 cm³/mol. The van der Waals surface area contributed by atoms with Crippen LogP contribution in [0.1, 0.15) is 37.0 Å². The molecule has 1 heterocycles. The van der Waals surface area contributed by atoms with E-state index in [-0.39, 0.29) is 35.7 Å². The van der Waals surface area contributed by atoms with Gasteiger partial charge in [-0.2, -0.15) is 4.31 Å². The van der Waals surface area contributed by atoms with Gasteiger partial charge in [-0.15, -0.1) is 0 Å². The molecule has 1 aromatic carbocycles. The largest absolute Gasteiger partial charge is 0.495 e. The molecule has 1 aliphatic rings. The fraction of sp³-hybridized carbons (Fsp3) is 0.588. The molecule has 0 radical (unpaired) electrons. The van der Waals surface area contributed by atoms with Crippen LogP contribution >= 0.6 is 0 Å². The summed E-state index contributed by atoms with van der Waals surface area (Å²) in [5, 5.41) is 2.88. The number of methoxy groups -OCH3 is 1. The number of ether oxygens (including phenoxy) is 2. The zero-order valence-corrected chi connectivity index (χ0v) is 15.8. The highest BCUT2D eigenvalue weighted by Crippen LogP contribution is 2.28. The Morgan fingerprint density at radius 3 is 2.64 bits per heavy atom. The molecule has 7 nitrogen and oxygen atoms in total. The molecule has 8 heteroatoms. The highest BCUT2D eigenvalue weighted by Gasteiger charge is 2.30. The molecule has 0 aliphatic carbocycles. The maximum absolute atomic E-state index is 12.9. The summed E-state index contributed by atoms with van der Waals surface area (Å²) in [4.78, 5) is 12.4. The summed E-state index contributed by atoms with van der Waals surface area (Å²) in [7, 11) is -2.34. The minimum absolute atomic E-state index is 0.00712. The predicted octanol–water partition coefficient (Wildman–Crippen LogP) is 1.63. The topological polar surface area (TPSA) is 84.9 Å². The van der Waals surface area contributed by atoms with Gasteiger partial charge >= 0.3 is 0 Å². The fourth-order valence-electron chi connectivity index (χ4n) is 2.76. The number of nitrogens with one attached hydrogen (secondary N) is 1. The van der Waals surface area contributed by atoms with E-state index < -0.39 is 10.0 Å². The van der Waals surface area contributed by atoms with Crippen LogP contribution in [0.2, 0.25) is 0 Å². The molecule has 2 rings (SSSR count). The Balaban J connectivity index is 2.32. The number of hydrogen-bond acceptors (Lipinski definition) is 5. The Bertz CT molecular complexity index is 699. The van der Waals surface area contributed by atoms with Gasteiger partial charge in [0.1, 0.15) is 10.6 Å². The van der Waals surface area contributed by atoms with Crippen molar-refractivity contribution in [3.8, 4) is 5.75 Å². The van der Waals surface area contributed by atoms with E-state index in [9.17, 15) is 13.2 Å². The fourth-order valence-corrected chi connectivity index (χ4v) is 4.35. The number of amides is 1. The summed E-state index contributed by atoms with van der Waals surface area (Å²) in [6, 6.07) is 4.51. The van der Waals surface area contributed by atoms with Gasteiger partial charge in [-0.1, -0.05) is 13.3 Å². The van der Waals surface area contributed by atoms with Crippen LogP contribution in [0.5, 0.6) is 5.75 Å². The molecule has 1 fully saturated rings. The second kappa shape index (κ2) is 8.64. The third-order valence-electron chi connectivity index (χ3n) is 4.11. The van der Waals surface area contributed by atoms with Crippen molar-refractivity contribution in [1.29, 1.82) is 0 Å². The average Bonchev–Trinajstić information content (AvgIpc) is 2.62. The second-order valence-corrected chi connectivity index (χ2v) is 7.95. The summed E-state index contributed by atoms with van der Waals surface area (Å²) in [6.07, 6.45) is 1.82. The number of rotatable bonds is 7. The first-order valence-electron chi connectivity index (χ1n) is 8.47. The number of hydrogen-bond donors (Lipinski definition) is 1. The van der Waals surface area contributed by atoms with E-state index in [1.807, 2.05) is 13.8 Å². The number of carbonyl (C=O) groups excluding carboxylic acids is 1. The van der Waals surface area contributed by atoms with Gasteiger partial charge in [0, 0.05) is 24.7 Å². The molecule has 0 saturated carbocycles. The van der Waals surface area contributed by atoms with Crippen LogP contribution in [-0.2, 0) is 14.8 Å². The van der Waals surface area contributed by atoms with Gasteiger partial charge in [-0.05, 0) is 31.5 Å². The summed E-state index contributed by atoms with van der Waals surface area (Å²) in [5.41, 5.74) is 0.301. The van der Waals surface area contributed by atoms with E-state index in [4.69, 9.17) is 9.47 Å². The highest BCUT2D eigenvalue weighted by molar-refractivity contribution is 7.89.